The molecule has 0 radical (unpaired) electrons. The molecule has 3 rings (SSSR count). The van der Waals surface area contributed by atoms with Crippen molar-refractivity contribution in [2.45, 2.75) is 45.3 Å². The quantitative estimate of drug-likeness (QED) is 0.859. The van der Waals surface area contributed by atoms with Gasteiger partial charge in [-0.2, -0.15) is 0 Å². The maximum absolute atomic E-state index is 12.6. The minimum Gasteiger partial charge on any atom is -0.489 e. The molecule has 0 spiro atoms. The van der Waals surface area contributed by atoms with E-state index in [0.717, 1.165) is 19.4 Å². The standard InChI is InChI=1S/C19H26N2O4/c1-13(2)25-17-8-4-3-7-16(17)20-19(23)14-10-18(22)21(11-14)12-15-6-5-9-24-15/h3-4,7-8,13-15H,5-6,9-12H2,1-2H3,(H,20,23). The molecule has 136 valence electrons. The van der Waals surface area contributed by atoms with Gasteiger partial charge in [-0.3, -0.25) is 9.59 Å². The van der Waals surface area contributed by atoms with Gasteiger partial charge in [0.2, 0.25) is 11.8 Å². The summed E-state index contributed by atoms with van der Waals surface area (Å²) in [5.41, 5.74) is 0.645. The first-order valence-electron chi connectivity index (χ1n) is 8.99. The van der Waals surface area contributed by atoms with Crippen LogP contribution >= 0.6 is 0 Å². The summed E-state index contributed by atoms with van der Waals surface area (Å²) < 4.78 is 11.3. The predicted molar refractivity (Wildman–Crippen MR) is 94.5 cm³/mol. The molecule has 25 heavy (non-hydrogen) atoms. The number of carbonyl (C=O) groups excluding carboxylic acids is 2. The van der Waals surface area contributed by atoms with Crippen LogP contribution in [0.3, 0.4) is 0 Å². The van der Waals surface area contributed by atoms with Gasteiger partial charge in [0, 0.05) is 26.1 Å². The summed E-state index contributed by atoms with van der Waals surface area (Å²) in [5, 5.41) is 2.92. The fourth-order valence-corrected chi connectivity index (χ4v) is 3.32. The lowest BCUT2D eigenvalue weighted by Crippen LogP contribution is -2.34. The maximum Gasteiger partial charge on any atom is 0.229 e. The molecular weight excluding hydrogens is 320 g/mol. The Morgan fingerprint density at radius 2 is 2.20 bits per heavy atom. The molecule has 2 aliphatic rings. The number of rotatable bonds is 6. The number of ether oxygens (including phenoxy) is 2. The molecule has 2 heterocycles. The van der Waals surface area contributed by atoms with Gasteiger partial charge in [0.1, 0.15) is 5.75 Å². The van der Waals surface area contributed by atoms with Crippen molar-refractivity contribution in [1.82, 2.24) is 4.90 Å². The Balaban J connectivity index is 1.59. The molecule has 6 nitrogen and oxygen atoms in total. The minimum atomic E-state index is -0.332. The molecule has 1 aromatic carbocycles. The van der Waals surface area contributed by atoms with Gasteiger partial charge in [-0.15, -0.1) is 0 Å². The van der Waals surface area contributed by atoms with Crippen molar-refractivity contribution >= 4 is 17.5 Å². The zero-order chi connectivity index (χ0) is 17.8. The Hall–Kier alpha value is -2.08. The van der Waals surface area contributed by atoms with E-state index in [0.29, 0.717) is 24.5 Å². The lowest BCUT2D eigenvalue weighted by Gasteiger charge is -2.20. The number of hydrogen-bond donors (Lipinski definition) is 1. The number of likely N-dealkylation sites (tertiary alicyclic amines) is 1. The molecule has 0 saturated carbocycles. The summed E-state index contributed by atoms with van der Waals surface area (Å²) in [7, 11) is 0. The van der Waals surface area contributed by atoms with Gasteiger partial charge in [-0.05, 0) is 38.8 Å². The van der Waals surface area contributed by atoms with Crippen LogP contribution in [0.4, 0.5) is 5.69 Å². The second kappa shape index (κ2) is 7.87. The molecule has 2 atom stereocenters. The largest absolute Gasteiger partial charge is 0.489 e. The van der Waals surface area contributed by atoms with E-state index < -0.39 is 0 Å². The van der Waals surface area contributed by atoms with Crippen LogP contribution in [0, 0.1) is 5.92 Å². The van der Waals surface area contributed by atoms with Crippen LogP contribution in [0.15, 0.2) is 24.3 Å². The summed E-state index contributed by atoms with van der Waals surface area (Å²) in [6.45, 7) is 5.70. The smallest absolute Gasteiger partial charge is 0.229 e. The fourth-order valence-electron chi connectivity index (χ4n) is 3.32. The van der Waals surface area contributed by atoms with Crippen LogP contribution in [-0.4, -0.2) is 48.6 Å². The van der Waals surface area contributed by atoms with E-state index in [-0.39, 0.29) is 36.4 Å². The second-order valence-electron chi connectivity index (χ2n) is 6.99. The molecule has 2 aliphatic heterocycles. The summed E-state index contributed by atoms with van der Waals surface area (Å²) >= 11 is 0. The van der Waals surface area contributed by atoms with E-state index >= 15 is 0 Å². The lowest BCUT2D eigenvalue weighted by atomic mass is 10.1. The number of carbonyl (C=O) groups is 2. The molecule has 2 fully saturated rings. The average Bonchev–Trinajstić information content (AvgIpc) is 3.20. The number of nitrogens with one attached hydrogen (secondary N) is 1. The Morgan fingerprint density at radius 3 is 2.92 bits per heavy atom. The van der Waals surface area contributed by atoms with Gasteiger partial charge >= 0.3 is 0 Å². The Bertz CT molecular complexity index is 626. The molecule has 2 unspecified atom stereocenters. The van der Waals surface area contributed by atoms with Crippen molar-refractivity contribution in [1.29, 1.82) is 0 Å². The highest BCUT2D eigenvalue weighted by atomic mass is 16.5. The van der Waals surface area contributed by atoms with Crippen LogP contribution in [0.1, 0.15) is 33.1 Å². The molecule has 0 aliphatic carbocycles. The number of amides is 2. The van der Waals surface area contributed by atoms with Crippen molar-refractivity contribution in [3.8, 4) is 5.75 Å². The molecule has 2 saturated heterocycles. The monoisotopic (exact) mass is 346 g/mol. The molecule has 2 amide bonds. The number of benzene rings is 1. The van der Waals surface area contributed by atoms with Gasteiger partial charge in [0.05, 0.1) is 23.8 Å². The Labute approximate surface area is 148 Å². The molecule has 0 aromatic heterocycles. The number of hydrogen-bond acceptors (Lipinski definition) is 4. The van der Waals surface area contributed by atoms with Crippen molar-refractivity contribution < 1.29 is 19.1 Å². The first kappa shape index (κ1) is 17.7. The van der Waals surface area contributed by atoms with Crippen LogP contribution in [0.2, 0.25) is 0 Å². The van der Waals surface area contributed by atoms with Gasteiger partial charge in [-0.25, -0.2) is 0 Å². The zero-order valence-electron chi connectivity index (χ0n) is 14.9. The summed E-state index contributed by atoms with van der Waals surface area (Å²) in [6.07, 6.45) is 2.43. The zero-order valence-corrected chi connectivity index (χ0v) is 14.9. The summed E-state index contributed by atoms with van der Waals surface area (Å²) in [6, 6.07) is 7.37. The van der Waals surface area contributed by atoms with Crippen molar-refractivity contribution in [3.63, 3.8) is 0 Å². The van der Waals surface area contributed by atoms with E-state index in [9.17, 15) is 9.59 Å². The topological polar surface area (TPSA) is 67.9 Å². The predicted octanol–water partition coefficient (Wildman–Crippen LogP) is 2.44. The highest BCUT2D eigenvalue weighted by Crippen LogP contribution is 2.27. The molecular formula is C19H26N2O4. The second-order valence-corrected chi connectivity index (χ2v) is 6.99. The number of para-hydroxylation sites is 2. The normalized spacial score (nSPS) is 23.3. The van der Waals surface area contributed by atoms with Crippen LogP contribution < -0.4 is 10.1 Å². The highest BCUT2D eigenvalue weighted by molar-refractivity contribution is 5.98. The summed E-state index contributed by atoms with van der Waals surface area (Å²) in [4.78, 5) is 26.6. The first-order valence-corrected chi connectivity index (χ1v) is 8.99. The molecule has 1 aromatic rings. The van der Waals surface area contributed by atoms with E-state index in [1.807, 2.05) is 38.1 Å². The van der Waals surface area contributed by atoms with Gasteiger partial charge in [0.25, 0.3) is 0 Å². The van der Waals surface area contributed by atoms with Crippen LogP contribution in [0.5, 0.6) is 5.75 Å². The third-order valence-electron chi connectivity index (χ3n) is 4.54. The third-order valence-corrected chi connectivity index (χ3v) is 4.54. The SMILES string of the molecule is CC(C)Oc1ccccc1NC(=O)C1CC(=O)N(CC2CCCO2)C1. The van der Waals surface area contributed by atoms with Crippen molar-refractivity contribution in [3.05, 3.63) is 24.3 Å². The van der Waals surface area contributed by atoms with Gasteiger partial charge in [-0.1, -0.05) is 12.1 Å². The van der Waals surface area contributed by atoms with E-state index in [2.05, 4.69) is 5.32 Å². The maximum atomic E-state index is 12.6. The van der Waals surface area contributed by atoms with Crippen molar-refractivity contribution in [2.75, 3.05) is 25.0 Å². The first-order chi connectivity index (χ1) is 12.0. The van der Waals surface area contributed by atoms with Crippen LogP contribution in [-0.2, 0) is 14.3 Å². The van der Waals surface area contributed by atoms with E-state index in [1.165, 1.54) is 0 Å². The lowest BCUT2D eigenvalue weighted by molar-refractivity contribution is -0.129. The Morgan fingerprint density at radius 1 is 1.40 bits per heavy atom. The van der Waals surface area contributed by atoms with Crippen molar-refractivity contribution in [2.24, 2.45) is 5.92 Å². The third kappa shape index (κ3) is 4.51. The van der Waals surface area contributed by atoms with E-state index in [1.54, 1.807) is 4.90 Å². The van der Waals surface area contributed by atoms with Crippen LogP contribution in [0.25, 0.3) is 0 Å². The highest BCUT2D eigenvalue weighted by Gasteiger charge is 2.36. The molecule has 0 bridgehead atoms. The molecule has 1 N–H and O–H groups in total. The minimum absolute atomic E-state index is 0.0213. The Kier molecular flexibility index (Phi) is 5.58. The van der Waals surface area contributed by atoms with Gasteiger partial charge in [0.15, 0.2) is 0 Å². The number of anilines is 1. The van der Waals surface area contributed by atoms with E-state index in [4.69, 9.17) is 9.47 Å². The number of nitrogens with zero attached hydrogens (tertiary/aromatic N) is 1. The van der Waals surface area contributed by atoms with Gasteiger partial charge < -0.3 is 19.7 Å². The molecule has 6 heteroatoms. The fraction of sp³-hybridized carbons (Fsp3) is 0.579. The average molecular weight is 346 g/mol. The summed E-state index contributed by atoms with van der Waals surface area (Å²) in [5.74, 6) is 0.206.